The summed E-state index contributed by atoms with van der Waals surface area (Å²) < 4.78 is 9.70. The van der Waals surface area contributed by atoms with Gasteiger partial charge in [-0.2, -0.15) is 0 Å². The maximum atomic E-state index is 12.4. The van der Waals surface area contributed by atoms with Gasteiger partial charge < -0.3 is 29.7 Å². The van der Waals surface area contributed by atoms with E-state index in [9.17, 15) is 4.79 Å². The number of hydrogen-bond donors (Lipinski definition) is 2. The van der Waals surface area contributed by atoms with Crippen LogP contribution in [0, 0.1) is 6.92 Å². The fourth-order valence-electron chi connectivity index (χ4n) is 5.83. The molecule has 1 fully saturated rings. The number of methoxy groups -OCH3 is 1. The molecule has 0 spiro atoms. The number of nitrogens with zero attached hydrogens (tertiary/aromatic N) is 7. The molecule has 0 unspecified atom stereocenters. The van der Waals surface area contributed by atoms with Crippen LogP contribution in [0.2, 0.25) is 0 Å². The first kappa shape index (κ1) is 28.2. The number of fused-ring (bicyclic) bond motifs is 2. The van der Waals surface area contributed by atoms with E-state index in [1.807, 2.05) is 47.6 Å². The number of ether oxygens (including phenoxy) is 1. The number of pyridine rings is 1. The zero-order valence-corrected chi connectivity index (χ0v) is 25.3. The van der Waals surface area contributed by atoms with Crippen molar-refractivity contribution in [3.8, 4) is 17.0 Å². The molecule has 0 bridgehead atoms. The fraction of sp³-hybridized carbons (Fsp3) is 0.312. The van der Waals surface area contributed by atoms with Crippen molar-refractivity contribution >= 4 is 45.5 Å². The molecule has 11 heteroatoms. The number of benzene rings is 1. The molecule has 1 aliphatic heterocycles. The van der Waals surface area contributed by atoms with Gasteiger partial charge in [0.2, 0.25) is 11.9 Å². The van der Waals surface area contributed by atoms with E-state index in [0.29, 0.717) is 29.1 Å². The fourth-order valence-corrected chi connectivity index (χ4v) is 5.83. The van der Waals surface area contributed by atoms with Gasteiger partial charge >= 0.3 is 0 Å². The van der Waals surface area contributed by atoms with Crippen LogP contribution >= 0.6 is 0 Å². The second-order valence-electron chi connectivity index (χ2n) is 11.2. The van der Waals surface area contributed by atoms with Crippen molar-refractivity contribution in [1.29, 1.82) is 0 Å². The monoisotopic (exact) mass is 579 g/mol. The molecule has 1 aliphatic rings. The van der Waals surface area contributed by atoms with Crippen LogP contribution in [0.3, 0.4) is 0 Å². The van der Waals surface area contributed by atoms with Crippen molar-refractivity contribution in [2.45, 2.75) is 25.8 Å². The Bertz CT molecular complexity index is 1830. The van der Waals surface area contributed by atoms with Gasteiger partial charge in [-0.15, -0.1) is 5.10 Å². The summed E-state index contributed by atoms with van der Waals surface area (Å²) in [5, 5.41) is 12.2. The number of amides is 1. The van der Waals surface area contributed by atoms with Gasteiger partial charge in [0.15, 0.2) is 0 Å². The van der Waals surface area contributed by atoms with Gasteiger partial charge in [-0.05, 0) is 69.8 Å². The zero-order valence-electron chi connectivity index (χ0n) is 25.3. The van der Waals surface area contributed by atoms with Crippen molar-refractivity contribution in [1.82, 2.24) is 29.0 Å². The Balaban J connectivity index is 1.36. The SMILES string of the molecule is C=CC(=O)Nc1cc(Nc2ncc3c(C)cc(-c4cnc5c(ccn5C)c4)n3n2)c(OC)cc1N1CCC(N(C)C)CC1. The average Bonchev–Trinajstić information content (AvgIpc) is 3.55. The number of hydrogen-bond acceptors (Lipinski definition) is 8. The Kier molecular flexibility index (Phi) is 7.49. The molecule has 1 aromatic carbocycles. The molecule has 43 heavy (non-hydrogen) atoms. The number of carbonyl (C=O) groups is 1. The second kappa shape index (κ2) is 11.4. The highest BCUT2D eigenvalue weighted by atomic mass is 16.5. The maximum absolute atomic E-state index is 12.4. The zero-order chi connectivity index (χ0) is 30.2. The van der Waals surface area contributed by atoms with E-state index in [1.165, 1.54) is 6.08 Å². The van der Waals surface area contributed by atoms with Crippen molar-refractivity contribution in [3.63, 3.8) is 0 Å². The summed E-state index contributed by atoms with van der Waals surface area (Å²) in [6.07, 6.45) is 9.01. The molecule has 5 heterocycles. The predicted molar refractivity (Wildman–Crippen MR) is 171 cm³/mol. The Hall–Kier alpha value is -4.90. The van der Waals surface area contributed by atoms with Gasteiger partial charge in [-0.3, -0.25) is 4.79 Å². The number of carbonyl (C=O) groups excluding carboxylic acids is 1. The Labute approximate surface area is 250 Å². The van der Waals surface area contributed by atoms with Gasteiger partial charge in [0.05, 0.1) is 41.6 Å². The summed E-state index contributed by atoms with van der Waals surface area (Å²) in [6.45, 7) is 7.42. The minimum Gasteiger partial charge on any atom is -0.494 e. The van der Waals surface area contributed by atoms with E-state index in [0.717, 1.165) is 65.0 Å². The lowest BCUT2D eigenvalue weighted by molar-refractivity contribution is -0.111. The molecule has 5 aromatic rings. The maximum Gasteiger partial charge on any atom is 0.247 e. The Morgan fingerprint density at radius 1 is 1.12 bits per heavy atom. The highest BCUT2D eigenvalue weighted by Crippen LogP contribution is 2.39. The molecule has 0 atom stereocenters. The van der Waals surface area contributed by atoms with Gasteiger partial charge in [0.25, 0.3) is 0 Å². The van der Waals surface area contributed by atoms with Crippen LogP contribution in [0.4, 0.5) is 23.0 Å². The molecular formula is C32H37N9O2. The van der Waals surface area contributed by atoms with Crippen LogP contribution in [-0.4, -0.2) is 75.3 Å². The van der Waals surface area contributed by atoms with Gasteiger partial charge in [-0.25, -0.2) is 14.5 Å². The smallest absolute Gasteiger partial charge is 0.247 e. The summed E-state index contributed by atoms with van der Waals surface area (Å²) in [5.74, 6) is 0.722. The van der Waals surface area contributed by atoms with Crippen molar-refractivity contribution in [2.75, 3.05) is 49.8 Å². The molecule has 0 radical (unpaired) electrons. The highest BCUT2D eigenvalue weighted by molar-refractivity contribution is 6.02. The van der Waals surface area contributed by atoms with E-state index in [2.05, 4.69) is 69.3 Å². The lowest BCUT2D eigenvalue weighted by Crippen LogP contribution is -2.42. The molecule has 1 amide bonds. The van der Waals surface area contributed by atoms with Crippen molar-refractivity contribution < 1.29 is 9.53 Å². The van der Waals surface area contributed by atoms with E-state index in [1.54, 1.807) is 13.3 Å². The highest BCUT2D eigenvalue weighted by Gasteiger charge is 2.24. The third-order valence-corrected chi connectivity index (χ3v) is 8.26. The molecule has 0 aliphatic carbocycles. The number of piperidine rings is 1. The van der Waals surface area contributed by atoms with Crippen LogP contribution < -0.4 is 20.3 Å². The van der Waals surface area contributed by atoms with E-state index in [4.69, 9.17) is 9.84 Å². The average molecular weight is 580 g/mol. The predicted octanol–water partition coefficient (Wildman–Crippen LogP) is 5.00. The molecule has 2 N–H and O–H groups in total. The molecule has 1 saturated heterocycles. The first-order chi connectivity index (χ1) is 20.7. The Morgan fingerprint density at radius 3 is 2.63 bits per heavy atom. The van der Waals surface area contributed by atoms with Gasteiger partial charge in [0, 0.05) is 55.6 Å². The minimum absolute atomic E-state index is 0.283. The summed E-state index contributed by atoms with van der Waals surface area (Å²) in [5.41, 5.74) is 6.96. The summed E-state index contributed by atoms with van der Waals surface area (Å²) in [4.78, 5) is 26.3. The number of anilines is 4. The van der Waals surface area contributed by atoms with Crippen molar-refractivity contribution in [3.05, 3.63) is 67.1 Å². The molecular weight excluding hydrogens is 542 g/mol. The van der Waals surface area contributed by atoms with Crippen LogP contribution in [0.1, 0.15) is 18.4 Å². The van der Waals surface area contributed by atoms with Crippen LogP contribution in [-0.2, 0) is 11.8 Å². The topological polar surface area (TPSA) is 105 Å². The van der Waals surface area contributed by atoms with Gasteiger partial charge in [0.1, 0.15) is 11.4 Å². The summed E-state index contributed by atoms with van der Waals surface area (Å²) >= 11 is 0. The lowest BCUT2D eigenvalue weighted by Gasteiger charge is -2.37. The quantitative estimate of drug-likeness (QED) is 0.248. The normalized spacial score (nSPS) is 14.0. The molecule has 0 saturated carbocycles. The lowest BCUT2D eigenvalue weighted by atomic mass is 10.0. The summed E-state index contributed by atoms with van der Waals surface area (Å²) in [7, 11) is 7.86. The molecule has 6 rings (SSSR count). The van der Waals surface area contributed by atoms with Crippen molar-refractivity contribution in [2.24, 2.45) is 7.05 Å². The van der Waals surface area contributed by atoms with E-state index in [-0.39, 0.29) is 5.91 Å². The number of rotatable bonds is 8. The number of nitrogens with one attached hydrogen (secondary N) is 2. The molecule has 222 valence electrons. The van der Waals surface area contributed by atoms with Crippen LogP contribution in [0.15, 0.2) is 61.6 Å². The van der Waals surface area contributed by atoms with E-state index < -0.39 is 0 Å². The number of aromatic nitrogens is 5. The number of aryl methyl sites for hydroxylation is 2. The largest absolute Gasteiger partial charge is 0.494 e. The Morgan fingerprint density at radius 2 is 1.91 bits per heavy atom. The third-order valence-electron chi connectivity index (χ3n) is 8.26. The van der Waals surface area contributed by atoms with Crippen LogP contribution in [0.25, 0.3) is 27.8 Å². The standard InChI is InChI=1S/C32H37N9O2/c1-7-30(42)35-24-16-25(29(43-6)17-27(24)40-12-9-23(10-13-40)38(3)4)36-32-34-19-28-20(2)14-26(41(28)37-32)22-15-21-8-11-39(5)31(21)33-18-22/h7-8,11,14-19,23H,1,9-10,12-13H2,2-6H3,(H,35,42)(H,36,37). The first-order valence-corrected chi connectivity index (χ1v) is 14.4. The second-order valence-corrected chi connectivity index (χ2v) is 11.2. The molecule has 11 nitrogen and oxygen atoms in total. The van der Waals surface area contributed by atoms with Crippen LogP contribution in [0.5, 0.6) is 5.75 Å². The first-order valence-electron chi connectivity index (χ1n) is 14.4. The minimum atomic E-state index is -0.283. The van der Waals surface area contributed by atoms with E-state index >= 15 is 0 Å². The molecule has 4 aromatic heterocycles. The summed E-state index contributed by atoms with van der Waals surface area (Å²) in [6, 6.07) is 10.6. The van der Waals surface area contributed by atoms with Gasteiger partial charge in [-0.1, -0.05) is 6.58 Å². The third kappa shape index (κ3) is 5.39.